The summed E-state index contributed by atoms with van der Waals surface area (Å²) in [4.78, 5) is 11.1. The Kier molecular flexibility index (Phi) is 4.41. The molecule has 2 aromatic rings. The Balaban J connectivity index is 2.04. The number of nitrogens with two attached hydrogens (primary N) is 1. The van der Waals surface area contributed by atoms with Crippen LogP contribution in [0.2, 0.25) is 0 Å². The topological polar surface area (TPSA) is 52.3 Å². The second-order valence-electron chi connectivity index (χ2n) is 4.79. The molecule has 1 amide bonds. The van der Waals surface area contributed by atoms with E-state index in [1.165, 1.54) is 5.56 Å². The standard InChI is InChI=1S/C17H19NO2/c1-3-13-4-8-16(9-5-13)20-11-15-7-6-14(17(18)19)10-12(15)2/h4-10H,3,11H2,1-2H3,(H2,18,19). The molecular formula is C17H19NO2. The van der Waals surface area contributed by atoms with E-state index >= 15 is 0 Å². The quantitative estimate of drug-likeness (QED) is 0.906. The maximum absolute atomic E-state index is 11.1. The molecule has 2 rings (SSSR count). The zero-order chi connectivity index (χ0) is 14.5. The predicted octanol–water partition coefficient (Wildman–Crippen LogP) is 3.24. The van der Waals surface area contributed by atoms with Gasteiger partial charge in [0, 0.05) is 5.56 Å². The van der Waals surface area contributed by atoms with Crippen LogP contribution in [0.25, 0.3) is 0 Å². The summed E-state index contributed by atoms with van der Waals surface area (Å²) in [6.45, 7) is 4.56. The molecule has 0 aliphatic carbocycles. The molecule has 0 radical (unpaired) electrons. The van der Waals surface area contributed by atoms with Crippen LogP contribution >= 0.6 is 0 Å². The molecule has 104 valence electrons. The average molecular weight is 269 g/mol. The highest BCUT2D eigenvalue weighted by atomic mass is 16.5. The Morgan fingerprint density at radius 1 is 1.15 bits per heavy atom. The fourth-order valence-electron chi connectivity index (χ4n) is 1.99. The molecule has 0 saturated heterocycles. The summed E-state index contributed by atoms with van der Waals surface area (Å²) in [5.41, 5.74) is 9.13. The second-order valence-corrected chi connectivity index (χ2v) is 4.79. The van der Waals surface area contributed by atoms with E-state index in [4.69, 9.17) is 10.5 Å². The number of hydrogen-bond donors (Lipinski definition) is 1. The van der Waals surface area contributed by atoms with Gasteiger partial charge in [0.1, 0.15) is 12.4 Å². The maximum Gasteiger partial charge on any atom is 0.248 e. The third kappa shape index (κ3) is 3.38. The smallest absolute Gasteiger partial charge is 0.248 e. The lowest BCUT2D eigenvalue weighted by molar-refractivity contribution is 0.1000. The fraction of sp³-hybridized carbons (Fsp3) is 0.235. The average Bonchev–Trinajstić information content (AvgIpc) is 2.46. The van der Waals surface area contributed by atoms with E-state index in [9.17, 15) is 4.79 Å². The number of rotatable bonds is 5. The zero-order valence-electron chi connectivity index (χ0n) is 11.8. The Labute approximate surface area is 119 Å². The highest BCUT2D eigenvalue weighted by Crippen LogP contribution is 2.17. The van der Waals surface area contributed by atoms with E-state index < -0.39 is 5.91 Å². The third-order valence-electron chi connectivity index (χ3n) is 3.35. The number of carbonyl (C=O) groups is 1. The molecule has 0 atom stereocenters. The van der Waals surface area contributed by atoms with E-state index in [2.05, 4.69) is 19.1 Å². The molecule has 2 N–H and O–H groups in total. The van der Waals surface area contributed by atoms with Crippen molar-refractivity contribution in [3.05, 3.63) is 64.7 Å². The van der Waals surface area contributed by atoms with Crippen LogP contribution in [-0.2, 0) is 13.0 Å². The lowest BCUT2D eigenvalue weighted by atomic mass is 10.1. The molecular weight excluding hydrogens is 250 g/mol. The Morgan fingerprint density at radius 2 is 1.85 bits per heavy atom. The lowest BCUT2D eigenvalue weighted by Crippen LogP contribution is -2.11. The SMILES string of the molecule is CCc1ccc(OCc2ccc(C(N)=O)cc2C)cc1. The van der Waals surface area contributed by atoms with Crippen LogP contribution in [0, 0.1) is 6.92 Å². The van der Waals surface area contributed by atoms with Crippen molar-refractivity contribution in [1.82, 2.24) is 0 Å². The van der Waals surface area contributed by atoms with E-state index in [-0.39, 0.29) is 0 Å². The molecule has 0 saturated carbocycles. The number of benzene rings is 2. The first kappa shape index (κ1) is 14.1. The summed E-state index contributed by atoms with van der Waals surface area (Å²) in [6, 6.07) is 13.5. The molecule has 0 aromatic heterocycles. The van der Waals surface area contributed by atoms with Gasteiger partial charge in [-0.1, -0.05) is 25.1 Å². The van der Waals surface area contributed by atoms with Crippen molar-refractivity contribution in [3.8, 4) is 5.75 Å². The number of ether oxygens (including phenoxy) is 1. The summed E-state index contributed by atoms with van der Waals surface area (Å²) < 4.78 is 5.76. The summed E-state index contributed by atoms with van der Waals surface area (Å²) >= 11 is 0. The molecule has 0 bridgehead atoms. The maximum atomic E-state index is 11.1. The van der Waals surface area contributed by atoms with Crippen LogP contribution in [0.3, 0.4) is 0 Å². The van der Waals surface area contributed by atoms with Crippen molar-refractivity contribution in [1.29, 1.82) is 0 Å². The van der Waals surface area contributed by atoms with Gasteiger partial charge >= 0.3 is 0 Å². The Hall–Kier alpha value is -2.29. The van der Waals surface area contributed by atoms with Gasteiger partial charge in [-0.2, -0.15) is 0 Å². The minimum Gasteiger partial charge on any atom is -0.489 e. The Morgan fingerprint density at radius 3 is 2.40 bits per heavy atom. The summed E-state index contributed by atoms with van der Waals surface area (Å²) in [5, 5.41) is 0. The number of primary amides is 1. The van der Waals surface area contributed by atoms with Gasteiger partial charge < -0.3 is 10.5 Å². The van der Waals surface area contributed by atoms with Crippen LogP contribution < -0.4 is 10.5 Å². The fourth-order valence-corrected chi connectivity index (χ4v) is 1.99. The first-order chi connectivity index (χ1) is 9.60. The van der Waals surface area contributed by atoms with E-state index in [0.29, 0.717) is 12.2 Å². The molecule has 0 unspecified atom stereocenters. The third-order valence-corrected chi connectivity index (χ3v) is 3.35. The van der Waals surface area contributed by atoms with E-state index in [0.717, 1.165) is 23.3 Å². The van der Waals surface area contributed by atoms with Crippen LogP contribution in [-0.4, -0.2) is 5.91 Å². The first-order valence-corrected chi connectivity index (χ1v) is 6.71. The lowest BCUT2D eigenvalue weighted by Gasteiger charge is -2.10. The predicted molar refractivity (Wildman–Crippen MR) is 79.8 cm³/mol. The summed E-state index contributed by atoms with van der Waals surface area (Å²) in [5.74, 6) is 0.441. The number of carbonyl (C=O) groups excluding carboxylic acids is 1. The number of amides is 1. The molecule has 3 nitrogen and oxygen atoms in total. The molecule has 2 aromatic carbocycles. The highest BCUT2D eigenvalue weighted by Gasteiger charge is 2.05. The van der Waals surface area contributed by atoms with Crippen molar-refractivity contribution < 1.29 is 9.53 Å². The molecule has 20 heavy (non-hydrogen) atoms. The van der Waals surface area contributed by atoms with Gasteiger partial charge in [0.05, 0.1) is 0 Å². The molecule has 0 spiro atoms. The van der Waals surface area contributed by atoms with Gasteiger partial charge in [-0.15, -0.1) is 0 Å². The zero-order valence-corrected chi connectivity index (χ0v) is 11.8. The highest BCUT2D eigenvalue weighted by molar-refractivity contribution is 5.93. The minimum absolute atomic E-state index is 0.407. The molecule has 0 aliphatic heterocycles. The summed E-state index contributed by atoms with van der Waals surface area (Å²) in [7, 11) is 0. The molecule has 0 aliphatic rings. The monoisotopic (exact) mass is 269 g/mol. The number of hydrogen-bond acceptors (Lipinski definition) is 2. The van der Waals surface area contributed by atoms with Crippen LogP contribution in [0.5, 0.6) is 5.75 Å². The normalized spacial score (nSPS) is 10.3. The summed E-state index contributed by atoms with van der Waals surface area (Å²) in [6.07, 6.45) is 1.02. The first-order valence-electron chi connectivity index (χ1n) is 6.71. The van der Waals surface area contributed by atoms with E-state index in [1.54, 1.807) is 12.1 Å². The van der Waals surface area contributed by atoms with E-state index in [1.807, 2.05) is 25.1 Å². The largest absolute Gasteiger partial charge is 0.489 e. The van der Waals surface area contributed by atoms with Crippen LogP contribution in [0.15, 0.2) is 42.5 Å². The molecule has 0 heterocycles. The van der Waals surface area contributed by atoms with Crippen molar-refractivity contribution in [2.45, 2.75) is 26.9 Å². The van der Waals surface area contributed by atoms with Gasteiger partial charge in [-0.25, -0.2) is 0 Å². The van der Waals surface area contributed by atoms with Gasteiger partial charge in [0.25, 0.3) is 0 Å². The van der Waals surface area contributed by atoms with Gasteiger partial charge in [0.15, 0.2) is 0 Å². The van der Waals surface area contributed by atoms with Crippen molar-refractivity contribution in [2.24, 2.45) is 5.73 Å². The van der Waals surface area contributed by atoms with Gasteiger partial charge in [-0.3, -0.25) is 4.79 Å². The molecule has 3 heteroatoms. The van der Waals surface area contributed by atoms with Crippen LogP contribution in [0.1, 0.15) is 34.0 Å². The minimum atomic E-state index is -0.407. The van der Waals surface area contributed by atoms with Gasteiger partial charge in [0.2, 0.25) is 5.91 Å². The Bertz CT molecular complexity index is 603. The van der Waals surface area contributed by atoms with Crippen molar-refractivity contribution >= 4 is 5.91 Å². The van der Waals surface area contributed by atoms with Gasteiger partial charge in [-0.05, 0) is 54.3 Å². The van der Waals surface area contributed by atoms with Crippen molar-refractivity contribution in [2.75, 3.05) is 0 Å². The van der Waals surface area contributed by atoms with Crippen molar-refractivity contribution in [3.63, 3.8) is 0 Å². The number of aryl methyl sites for hydroxylation is 2. The second kappa shape index (κ2) is 6.24. The molecule has 0 fully saturated rings. The van der Waals surface area contributed by atoms with Crippen LogP contribution in [0.4, 0.5) is 0 Å².